The molecule has 1 saturated heterocycles. The Kier molecular flexibility index (Phi) is 3.17. The van der Waals surface area contributed by atoms with Crippen LogP contribution >= 0.6 is 11.3 Å². The minimum Gasteiger partial charge on any atom is -0.345 e. The highest BCUT2D eigenvalue weighted by Crippen LogP contribution is 2.29. The zero-order chi connectivity index (χ0) is 13.5. The average Bonchev–Trinajstić information content (AvgIpc) is 2.81. The first-order chi connectivity index (χ1) is 9.04. The molecule has 0 unspecified atom stereocenters. The van der Waals surface area contributed by atoms with Crippen LogP contribution in [0, 0.1) is 0 Å². The van der Waals surface area contributed by atoms with Crippen LogP contribution in [0.3, 0.4) is 0 Å². The number of hydrogen-bond acceptors (Lipinski definition) is 5. The maximum absolute atomic E-state index is 11.2. The lowest BCUT2D eigenvalue weighted by molar-refractivity contribution is 0.385. The normalized spacial score (nSPS) is 18.1. The standard InChI is InChI=1S/C11H14N4O2S2/c12-19(16,17)15-7-5-14(6-8-15)11-13-9-3-1-2-4-10(9)18-11/h1-4H,5-8H2,(H2,12,16,17). The van der Waals surface area contributed by atoms with E-state index in [0.717, 1.165) is 15.3 Å². The van der Waals surface area contributed by atoms with Gasteiger partial charge in [0, 0.05) is 26.2 Å². The van der Waals surface area contributed by atoms with Gasteiger partial charge in [-0.3, -0.25) is 0 Å². The second kappa shape index (κ2) is 4.71. The van der Waals surface area contributed by atoms with Crippen LogP contribution in [0.1, 0.15) is 0 Å². The van der Waals surface area contributed by atoms with Crippen LogP contribution in [-0.2, 0) is 10.2 Å². The van der Waals surface area contributed by atoms with Crippen molar-refractivity contribution >= 4 is 36.9 Å². The van der Waals surface area contributed by atoms with E-state index >= 15 is 0 Å². The number of aromatic nitrogens is 1. The molecule has 102 valence electrons. The van der Waals surface area contributed by atoms with Crippen molar-refractivity contribution in [1.29, 1.82) is 0 Å². The lowest BCUT2D eigenvalue weighted by Gasteiger charge is -2.32. The van der Waals surface area contributed by atoms with E-state index in [1.54, 1.807) is 11.3 Å². The van der Waals surface area contributed by atoms with Crippen molar-refractivity contribution in [3.8, 4) is 0 Å². The Hall–Kier alpha value is -1.22. The highest BCUT2D eigenvalue weighted by molar-refractivity contribution is 7.86. The highest BCUT2D eigenvalue weighted by atomic mass is 32.2. The molecule has 6 nitrogen and oxygen atoms in total. The van der Waals surface area contributed by atoms with E-state index in [0.29, 0.717) is 26.2 Å². The van der Waals surface area contributed by atoms with Crippen molar-refractivity contribution in [3.05, 3.63) is 24.3 Å². The summed E-state index contributed by atoms with van der Waals surface area (Å²) in [5, 5.41) is 6.06. The molecule has 2 aromatic rings. The van der Waals surface area contributed by atoms with Gasteiger partial charge in [-0.1, -0.05) is 23.5 Å². The van der Waals surface area contributed by atoms with Crippen LogP contribution in [0.2, 0.25) is 0 Å². The first-order valence-electron chi connectivity index (χ1n) is 5.92. The fraction of sp³-hybridized carbons (Fsp3) is 0.364. The van der Waals surface area contributed by atoms with E-state index in [1.165, 1.54) is 4.31 Å². The Morgan fingerprint density at radius 1 is 1.16 bits per heavy atom. The summed E-state index contributed by atoms with van der Waals surface area (Å²) in [7, 11) is -3.57. The molecule has 1 fully saturated rings. The first-order valence-corrected chi connectivity index (χ1v) is 8.24. The lowest BCUT2D eigenvalue weighted by Crippen LogP contribution is -2.50. The number of hydrogen-bond donors (Lipinski definition) is 1. The number of para-hydroxylation sites is 1. The molecule has 2 N–H and O–H groups in total. The first kappa shape index (κ1) is 12.8. The van der Waals surface area contributed by atoms with Gasteiger partial charge >= 0.3 is 0 Å². The number of thiazole rings is 1. The van der Waals surface area contributed by atoms with Crippen molar-refractivity contribution in [2.24, 2.45) is 5.14 Å². The van der Waals surface area contributed by atoms with Gasteiger partial charge < -0.3 is 4.90 Å². The number of nitrogens with zero attached hydrogens (tertiary/aromatic N) is 3. The zero-order valence-corrected chi connectivity index (χ0v) is 11.8. The summed E-state index contributed by atoms with van der Waals surface area (Å²) in [4.78, 5) is 6.67. The summed E-state index contributed by atoms with van der Waals surface area (Å²) in [6.45, 7) is 2.07. The summed E-state index contributed by atoms with van der Waals surface area (Å²) in [6.07, 6.45) is 0. The van der Waals surface area contributed by atoms with Gasteiger partial charge in [0.1, 0.15) is 0 Å². The third-order valence-electron chi connectivity index (χ3n) is 3.15. The van der Waals surface area contributed by atoms with Crippen LogP contribution in [0.15, 0.2) is 24.3 Å². The van der Waals surface area contributed by atoms with Gasteiger partial charge in [-0.2, -0.15) is 12.7 Å². The van der Waals surface area contributed by atoms with Gasteiger partial charge in [0.05, 0.1) is 10.2 Å². The van der Waals surface area contributed by atoms with Crippen LogP contribution in [0.4, 0.5) is 5.13 Å². The molecule has 0 aliphatic carbocycles. The van der Waals surface area contributed by atoms with E-state index in [2.05, 4.69) is 9.88 Å². The van der Waals surface area contributed by atoms with Gasteiger partial charge in [0.25, 0.3) is 10.2 Å². The second-order valence-corrected chi connectivity index (χ2v) is 6.95. The number of piperazine rings is 1. The number of fused-ring (bicyclic) bond motifs is 1. The fourth-order valence-corrected chi connectivity index (χ4v) is 3.82. The molecule has 0 spiro atoms. The number of anilines is 1. The van der Waals surface area contributed by atoms with Crippen LogP contribution in [0.25, 0.3) is 10.2 Å². The van der Waals surface area contributed by atoms with Crippen LogP contribution in [0.5, 0.6) is 0 Å². The van der Waals surface area contributed by atoms with Crippen molar-refractivity contribution in [2.75, 3.05) is 31.1 Å². The highest BCUT2D eigenvalue weighted by Gasteiger charge is 2.25. The summed E-state index contributed by atoms with van der Waals surface area (Å²) in [6, 6.07) is 7.97. The molecular weight excluding hydrogens is 284 g/mol. The number of nitrogens with two attached hydrogens (primary N) is 1. The monoisotopic (exact) mass is 298 g/mol. The molecule has 1 aromatic carbocycles. The third-order valence-corrected chi connectivity index (χ3v) is 5.33. The molecule has 2 heterocycles. The average molecular weight is 298 g/mol. The zero-order valence-electron chi connectivity index (χ0n) is 10.2. The Bertz CT molecular complexity index is 657. The maximum atomic E-state index is 11.2. The molecule has 1 aliphatic heterocycles. The molecule has 1 aromatic heterocycles. The Morgan fingerprint density at radius 2 is 1.84 bits per heavy atom. The molecule has 0 bridgehead atoms. The molecule has 0 amide bonds. The van der Waals surface area contributed by atoms with Crippen molar-refractivity contribution in [3.63, 3.8) is 0 Å². The van der Waals surface area contributed by atoms with E-state index < -0.39 is 10.2 Å². The maximum Gasteiger partial charge on any atom is 0.277 e. The summed E-state index contributed by atoms with van der Waals surface area (Å²) in [5.74, 6) is 0. The lowest BCUT2D eigenvalue weighted by atomic mass is 10.3. The molecule has 19 heavy (non-hydrogen) atoms. The Morgan fingerprint density at radius 3 is 2.47 bits per heavy atom. The van der Waals surface area contributed by atoms with Gasteiger partial charge in [-0.25, -0.2) is 10.1 Å². The number of rotatable bonds is 2. The van der Waals surface area contributed by atoms with Gasteiger partial charge in [0.15, 0.2) is 5.13 Å². The summed E-state index contributed by atoms with van der Waals surface area (Å²) in [5.41, 5.74) is 0.983. The Balaban J connectivity index is 1.78. The van der Waals surface area contributed by atoms with Crippen molar-refractivity contribution in [1.82, 2.24) is 9.29 Å². The van der Waals surface area contributed by atoms with E-state index in [-0.39, 0.29) is 0 Å². The molecule has 3 rings (SSSR count). The molecule has 0 radical (unpaired) electrons. The quantitative estimate of drug-likeness (QED) is 0.881. The third kappa shape index (κ3) is 2.57. The molecule has 0 saturated carbocycles. The van der Waals surface area contributed by atoms with Crippen molar-refractivity contribution in [2.45, 2.75) is 0 Å². The van der Waals surface area contributed by atoms with Crippen LogP contribution < -0.4 is 10.0 Å². The summed E-state index contributed by atoms with van der Waals surface area (Å²) < 4.78 is 24.9. The largest absolute Gasteiger partial charge is 0.345 e. The molecule has 8 heteroatoms. The Labute approximate surface area is 115 Å². The fourth-order valence-electron chi connectivity index (χ4n) is 2.13. The topological polar surface area (TPSA) is 79.5 Å². The summed E-state index contributed by atoms with van der Waals surface area (Å²) >= 11 is 1.63. The van der Waals surface area contributed by atoms with Gasteiger partial charge in [-0.05, 0) is 12.1 Å². The molecular formula is C11H14N4O2S2. The van der Waals surface area contributed by atoms with Crippen LogP contribution in [-0.4, -0.2) is 43.9 Å². The molecule has 1 aliphatic rings. The second-order valence-electron chi connectivity index (χ2n) is 4.40. The van der Waals surface area contributed by atoms with E-state index in [1.807, 2.05) is 24.3 Å². The SMILES string of the molecule is NS(=O)(=O)N1CCN(c2nc3ccccc3s2)CC1. The predicted octanol–water partition coefficient (Wildman–Crippen LogP) is 0.622. The molecule has 0 atom stereocenters. The minimum atomic E-state index is -3.57. The van der Waals surface area contributed by atoms with Gasteiger partial charge in [-0.15, -0.1) is 0 Å². The predicted molar refractivity (Wildman–Crippen MR) is 76.5 cm³/mol. The number of benzene rings is 1. The van der Waals surface area contributed by atoms with E-state index in [9.17, 15) is 8.42 Å². The van der Waals surface area contributed by atoms with Crippen molar-refractivity contribution < 1.29 is 8.42 Å². The van der Waals surface area contributed by atoms with E-state index in [4.69, 9.17) is 5.14 Å². The van der Waals surface area contributed by atoms with Gasteiger partial charge in [0.2, 0.25) is 0 Å². The minimum absolute atomic E-state index is 0.411. The smallest absolute Gasteiger partial charge is 0.277 e.